The lowest BCUT2D eigenvalue weighted by atomic mass is 10.2. The number of carboxylic acids is 1. The Hall–Kier alpha value is -1.36. The topological polar surface area (TPSA) is 67.1 Å². The Morgan fingerprint density at radius 3 is 2.83 bits per heavy atom. The van der Waals surface area contributed by atoms with E-state index in [-0.39, 0.29) is 0 Å². The monoisotopic (exact) mass is 253 g/mol. The zero-order chi connectivity index (χ0) is 13.5. The maximum absolute atomic E-state index is 11.1. The highest BCUT2D eigenvalue weighted by atomic mass is 16.4. The van der Waals surface area contributed by atoms with Gasteiger partial charge >= 0.3 is 5.97 Å². The first kappa shape index (κ1) is 14.7. The lowest BCUT2D eigenvalue weighted by Gasteiger charge is -2.12. The largest absolute Gasteiger partial charge is 0.480 e. The van der Waals surface area contributed by atoms with Crippen LogP contribution in [0.1, 0.15) is 45.3 Å². The van der Waals surface area contributed by atoms with Gasteiger partial charge in [0.05, 0.1) is 12.0 Å². The molecule has 0 radical (unpaired) electrons. The van der Waals surface area contributed by atoms with E-state index in [9.17, 15) is 4.79 Å². The lowest BCUT2D eigenvalue weighted by Crippen LogP contribution is -2.19. The fourth-order valence-corrected chi connectivity index (χ4v) is 1.80. The van der Waals surface area contributed by atoms with E-state index in [0.29, 0.717) is 18.9 Å². The van der Waals surface area contributed by atoms with Gasteiger partial charge in [0.2, 0.25) is 0 Å². The summed E-state index contributed by atoms with van der Waals surface area (Å²) in [6.45, 7) is 7.90. The minimum Gasteiger partial charge on any atom is -0.480 e. The number of nitrogens with zero attached hydrogens (tertiary/aromatic N) is 2. The van der Waals surface area contributed by atoms with Crippen molar-refractivity contribution in [3.63, 3.8) is 0 Å². The summed E-state index contributed by atoms with van der Waals surface area (Å²) in [6.07, 6.45) is 4.91. The van der Waals surface area contributed by atoms with Gasteiger partial charge in [-0.1, -0.05) is 27.2 Å². The number of rotatable bonds is 8. The standard InChI is InChI=1S/C13H23N3O2/c1-4-5-12(13(17)18)16-8-11(15-9-16)7-14-6-10(2)3/h8-10,12,14H,4-7H2,1-3H3,(H,17,18). The van der Waals surface area contributed by atoms with Crippen LogP contribution in [-0.4, -0.2) is 27.2 Å². The molecule has 1 aromatic heterocycles. The first-order chi connectivity index (χ1) is 8.54. The van der Waals surface area contributed by atoms with Crippen LogP contribution >= 0.6 is 0 Å². The third-order valence-corrected chi connectivity index (χ3v) is 2.72. The zero-order valence-corrected chi connectivity index (χ0v) is 11.4. The summed E-state index contributed by atoms with van der Waals surface area (Å²) in [4.78, 5) is 15.4. The van der Waals surface area contributed by atoms with E-state index in [4.69, 9.17) is 5.11 Å². The SMILES string of the molecule is CCCC(C(=O)O)n1cnc(CNCC(C)C)c1. The molecule has 0 spiro atoms. The zero-order valence-electron chi connectivity index (χ0n) is 11.4. The molecule has 0 fully saturated rings. The van der Waals surface area contributed by atoms with Crippen molar-refractivity contribution < 1.29 is 9.90 Å². The molecule has 1 unspecified atom stereocenters. The Kier molecular flexibility index (Phi) is 5.85. The number of carboxylic acid groups (broad SMARTS) is 1. The fraction of sp³-hybridized carbons (Fsp3) is 0.692. The number of hydrogen-bond acceptors (Lipinski definition) is 3. The minimum atomic E-state index is -0.795. The van der Waals surface area contributed by atoms with Crippen molar-refractivity contribution >= 4 is 5.97 Å². The van der Waals surface area contributed by atoms with E-state index < -0.39 is 12.0 Å². The summed E-state index contributed by atoms with van der Waals surface area (Å²) < 4.78 is 1.69. The Morgan fingerprint density at radius 2 is 2.28 bits per heavy atom. The highest BCUT2D eigenvalue weighted by Crippen LogP contribution is 2.14. The average Bonchev–Trinajstić information content (AvgIpc) is 2.73. The van der Waals surface area contributed by atoms with Crippen LogP contribution in [0.5, 0.6) is 0 Å². The fourth-order valence-electron chi connectivity index (χ4n) is 1.80. The van der Waals surface area contributed by atoms with Crippen molar-refractivity contribution in [2.45, 2.75) is 46.2 Å². The maximum atomic E-state index is 11.1. The van der Waals surface area contributed by atoms with Gasteiger partial charge in [-0.2, -0.15) is 0 Å². The van der Waals surface area contributed by atoms with Gasteiger partial charge in [-0.05, 0) is 18.9 Å². The Bertz CT molecular complexity index is 374. The summed E-state index contributed by atoms with van der Waals surface area (Å²) in [7, 11) is 0. The molecule has 0 amide bonds. The number of aliphatic carboxylic acids is 1. The van der Waals surface area contributed by atoms with Crippen LogP contribution in [0.3, 0.4) is 0 Å². The molecule has 1 heterocycles. The average molecular weight is 253 g/mol. The first-order valence-corrected chi connectivity index (χ1v) is 6.50. The highest BCUT2D eigenvalue weighted by molar-refractivity contribution is 5.71. The van der Waals surface area contributed by atoms with Crippen molar-refractivity contribution in [3.8, 4) is 0 Å². The van der Waals surface area contributed by atoms with Gasteiger partial charge < -0.3 is 15.0 Å². The van der Waals surface area contributed by atoms with E-state index in [1.165, 1.54) is 0 Å². The van der Waals surface area contributed by atoms with Gasteiger partial charge in [-0.15, -0.1) is 0 Å². The Balaban J connectivity index is 2.58. The van der Waals surface area contributed by atoms with Crippen molar-refractivity contribution in [1.82, 2.24) is 14.9 Å². The molecule has 0 saturated heterocycles. The molecule has 1 atom stereocenters. The van der Waals surface area contributed by atoms with Crippen molar-refractivity contribution in [1.29, 1.82) is 0 Å². The van der Waals surface area contributed by atoms with Crippen LogP contribution in [0.2, 0.25) is 0 Å². The summed E-state index contributed by atoms with van der Waals surface area (Å²) in [6, 6.07) is -0.499. The van der Waals surface area contributed by atoms with E-state index in [2.05, 4.69) is 24.1 Å². The lowest BCUT2D eigenvalue weighted by molar-refractivity contribution is -0.141. The second-order valence-electron chi connectivity index (χ2n) is 4.98. The Labute approximate surface area is 108 Å². The number of hydrogen-bond donors (Lipinski definition) is 2. The first-order valence-electron chi connectivity index (χ1n) is 6.50. The molecule has 1 rings (SSSR count). The van der Waals surface area contributed by atoms with Crippen LogP contribution in [0.15, 0.2) is 12.5 Å². The summed E-state index contributed by atoms with van der Waals surface area (Å²) in [5, 5.41) is 12.4. The molecule has 102 valence electrons. The van der Waals surface area contributed by atoms with Gasteiger partial charge in [-0.3, -0.25) is 0 Å². The second-order valence-corrected chi connectivity index (χ2v) is 4.98. The predicted molar refractivity (Wildman–Crippen MR) is 70.4 cm³/mol. The molecule has 18 heavy (non-hydrogen) atoms. The Morgan fingerprint density at radius 1 is 1.56 bits per heavy atom. The van der Waals surface area contributed by atoms with E-state index >= 15 is 0 Å². The van der Waals surface area contributed by atoms with Crippen molar-refractivity contribution in [3.05, 3.63) is 18.2 Å². The maximum Gasteiger partial charge on any atom is 0.326 e. The third kappa shape index (κ3) is 4.49. The molecule has 0 aliphatic heterocycles. The van der Waals surface area contributed by atoms with Crippen LogP contribution in [0, 0.1) is 5.92 Å². The number of nitrogens with one attached hydrogen (secondary N) is 1. The normalized spacial score (nSPS) is 12.9. The highest BCUT2D eigenvalue weighted by Gasteiger charge is 2.18. The molecule has 5 heteroatoms. The van der Waals surface area contributed by atoms with Crippen LogP contribution in [-0.2, 0) is 11.3 Å². The molecule has 0 aliphatic rings. The van der Waals surface area contributed by atoms with Gasteiger partial charge in [0.25, 0.3) is 0 Å². The summed E-state index contributed by atoms with van der Waals surface area (Å²) in [5.74, 6) is -0.199. The third-order valence-electron chi connectivity index (χ3n) is 2.72. The van der Waals surface area contributed by atoms with Crippen LogP contribution in [0.25, 0.3) is 0 Å². The van der Waals surface area contributed by atoms with Gasteiger partial charge in [-0.25, -0.2) is 9.78 Å². The van der Waals surface area contributed by atoms with Crippen LogP contribution in [0.4, 0.5) is 0 Å². The summed E-state index contributed by atoms with van der Waals surface area (Å²) in [5.41, 5.74) is 0.887. The number of carbonyl (C=O) groups is 1. The molecule has 5 nitrogen and oxygen atoms in total. The van der Waals surface area contributed by atoms with E-state index in [0.717, 1.165) is 18.7 Å². The van der Waals surface area contributed by atoms with Gasteiger partial charge in [0.15, 0.2) is 0 Å². The molecule has 2 N–H and O–H groups in total. The predicted octanol–water partition coefficient (Wildman–Crippen LogP) is 2.05. The van der Waals surface area contributed by atoms with Gasteiger partial charge in [0.1, 0.15) is 6.04 Å². The number of imidazole rings is 1. The van der Waals surface area contributed by atoms with Crippen molar-refractivity contribution in [2.75, 3.05) is 6.54 Å². The van der Waals surface area contributed by atoms with Crippen LogP contribution < -0.4 is 5.32 Å². The second kappa shape index (κ2) is 7.16. The molecule has 0 aliphatic carbocycles. The quantitative estimate of drug-likeness (QED) is 0.744. The molecule has 0 aromatic carbocycles. The molecule has 0 saturated carbocycles. The molecular formula is C13H23N3O2. The van der Waals surface area contributed by atoms with E-state index in [1.807, 2.05) is 13.1 Å². The molecule has 1 aromatic rings. The van der Waals surface area contributed by atoms with E-state index in [1.54, 1.807) is 10.9 Å². The smallest absolute Gasteiger partial charge is 0.326 e. The van der Waals surface area contributed by atoms with Crippen molar-refractivity contribution in [2.24, 2.45) is 5.92 Å². The molecule has 0 bridgehead atoms. The van der Waals surface area contributed by atoms with Gasteiger partial charge in [0, 0.05) is 12.7 Å². The molecular weight excluding hydrogens is 230 g/mol. The number of aromatic nitrogens is 2. The minimum absolute atomic E-state index is 0.499. The summed E-state index contributed by atoms with van der Waals surface area (Å²) >= 11 is 0.